The zero-order chi connectivity index (χ0) is 14.5. The Balaban J connectivity index is 1.91. The zero-order valence-electron chi connectivity index (χ0n) is 10.9. The Labute approximate surface area is 123 Å². The fourth-order valence-corrected chi connectivity index (χ4v) is 5.09. The van der Waals surface area contributed by atoms with Crippen LogP contribution in [0.1, 0.15) is 17.3 Å². The van der Waals surface area contributed by atoms with Crippen LogP contribution in [0.15, 0.2) is 24.3 Å². The molecule has 0 bridgehead atoms. The number of anilines is 1. The van der Waals surface area contributed by atoms with Crippen molar-refractivity contribution in [1.82, 2.24) is 5.32 Å². The number of benzene rings is 1. The Kier molecular flexibility index (Phi) is 3.15. The molecule has 2 saturated heterocycles. The average Bonchev–Trinajstić information content (AvgIpc) is 2.79. The predicted molar refractivity (Wildman–Crippen MR) is 82.6 cm³/mol. The number of carbonyl (C=O) groups excluding carboxylic acids is 1. The van der Waals surface area contributed by atoms with Gasteiger partial charge in [0.1, 0.15) is 12.1 Å². The predicted octanol–water partition coefficient (Wildman–Crippen LogP) is 1.31. The van der Waals surface area contributed by atoms with E-state index in [2.05, 4.69) is 5.32 Å². The van der Waals surface area contributed by atoms with Crippen LogP contribution in [-0.2, 0) is 14.4 Å². The van der Waals surface area contributed by atoms with Gasteiger partial charge < -0.3 is 10.2 Å². The molecule has 0 aromatic heterocycles. The van der Waals surface area contributed by atoms with Crippen molar-refractivity contribution in [2.75, 3.05) is 16.4 Å². The minimum atomic E-state index is -2.76. The van der Waals surface area contributed by atoms with Gasteiger partial charge >= 0.3 is 0 Å². The molecule has 2 aliphatic heterocycles. The van der Waals surface area contributed by atoms with Crippen molar-refractivity contribution in [3.8, 4) is 0 Å². The molecule has 0 saturated carbocycles. The number of fused-ring (bicyclic) bond motifs is 1. The second-order valence-electron chi connectivity index (χ2n) is 5.20. The summed E-state index contributed by atoms with van der Waals surface area (Å²) in [5.74, 6) is 0.467. The molecule has 106 valence electrons. The van der Waals surface area contributed by atoms with E-state index in [-0.39, 0.29) is 29.4 Å². The van der Waals surface area contributed by atoms with Gasteiger partial charge in [0, 0.05) is 11.3 Å². The van der Waals surface area contributed by atoms with E-state index in [1.165, 1.54) is 6.92 Å². The Morgan fingerprint density at radius 3 is 2.65 bits per heavy atom. The van der Waals surface area contributed by atoms with E-state index >= 15 is 0 Å². The molecular weight excluding hydrogens is 296 g/mol. The first-order valence-electron chi connectivity index (χ1n) is 6.30. The van der Waals surface area contributed by atoms with E-state index in [4.69, 9.17) is 12.2 Å². The molecule has 3 rings (SSSR count). The van der Waals surface area contributed by atoms with E-state index in [9.17, 15) is 13.6 Å². The molecule has 20 heavy (non-hydrogen) atoms. The topological polar surface area (TPSA) is 69.6 Å². The molecule has 3 atom stereocenters. The lowest BCUT2D eigenvalue weighted by atomic mass is 10.1. The summed E-state index contributed by atoms with van der Waals surface area (Å²) in [5, 5.41) is 3.68. The lowest BCUT2D eigenvalue weighted by Gasteiger charge is -2.22. The Morgan fingerprint density at radius 2 is 2.05 bits per heavy atom. The van der Waals surface area contributed by atoms with Gasteiger partial charge in [-0.1, -0.05) is 4.21 Å². The van der Waals surface area contributed by atoms with Crippen molar-refractivity contribution < 1.29 is 13.6 Å². The number of Topliss-reactive ketones (excluding diaryl/α,β-unsaturated/α-hetero) is 1. The number of thiocarbonyl (C=S) groups is 1. The lowest BCUT2D eigenvalue weighted by molar-refractivity contribution is 0.101. The SMILES string of the molecule is CC(=O)c1ccc(N2C(=S)N[C@@H]3C[S+](=O)(O)C[C@@H]32)cc1. The molecule has 7 heteroatoms. The smallest absolute Gasteiger partial charge is 0.218 e. The summed E-state index contributed by atoms with van der Waals surface area (Å²) in [6, 6.07) is 6.97. The van der Waals surface area contributed by atoms with Crippen molar-refractivity contribution in [2.24, 2.45) is 0 Å². The van der Waals surface area contributed by atoms with E-state index in [0.29, 0.717) is 10.7 Å². The summed E-state index contributed by atoms with van der Waals surface area (Å²) in [6.07, 6.45) is 0. The molecule has 0 spiro atoms. The minimum absolute atomic E-state index is 0.00999. The van der Waals surface area contributed by atoms with Gasteiger partial charge in [0.25, 0.3) is 0 Å². The third-order valence-electron chi connectivity index (χ3n) is 3.75. The maximum Gasteiger partial charge on any atom is 0.218 e. The summed E-state index contributed by atoms with van der Waals surface area (Å²) in [5.41, 5.74) is 1.48. The van der Waals surface area contributed by atoms with E-state index in [1.54, 1.807) is 12.1 Å². The van der Waals surface area contributed by atoms with Crippen LogP contribution >= 0.6 is 12.2 Å². The van der Waals surface area contributed by atoms with Crippen molar-refractivity contribution >= 4 is 39.0 Å². The van der Waals surface area contributed by atoms with Gasteiger partial charge in [-0.15, -0.1) is 0 Å². The van der Waals surface area contributed by atoms with E-state index < -0.39 is 10.2 Å². The highest BCUT2D eigenvalue weighted by molar-refractivity contribution is 7.98. The molecule has 2 heterocycles. The van der Waals surface area contributed by atoms with Gasteiger partial charge in [-0.3, -0.25) is 4.79 Å². The van der Waals surface area contributed by atoms with Gasteiger partial charge in [0.05, 0.1) is 0 Å². The highest BCUT2D eigenvalue weighted by Crippen LogP contribution is 2.31. The van der Waals surface area contributed by atoms with Crippen molar-refractivity contribution in [2.45, 2.75) is 19.0 Å². The quantitative estimate of drug-likeness (QED) is 0.487. The number of hydrogen-bond donors (Lipinski definition) is 2. The van der Waals surface area contributed by atoms with Crippen molar-refractivity contribution in [3.63, 3.8) is 0 Å². The fourth-order valence-electron chi connectivity index (χ4n) is 2.78. The highest BCUT2D eigenvalue weighted by Gasteiger charge is 2.54. The van der Waals surface area contributed by atoms with Crippen LogP contribution in [0.3, 0.4) is 0 Å². The summed E-state index contributed by atoms with van der Waals surface area (Å²) < 4.78 is 21.6. The number of carbonyl (C=O) groups is 1. The van der Waals surface area contributed by atoms with Crippen LogP contribution in [-0.4, -0.2) is 39.0 Å². The van der Waals surface area contributed by atoms with Crippen LogP contribution in [0.4, 0.5) is 5.69 Å². The second kappa shape index (κ2) is 4.61. The number of ketones is 1. The average molecular weight is 311 g/mol. The Bertz CT molecular complexity index is 629. The van der Waals surface area contributed by atoms with Crippen LogP contribution < -0.4 is 10.2 Å². The number of nitrogens with zero attached hydrogens (tertiary/aromatic N) is 1. The van der Waals surface area contributed by atoms with Crippen molar-refractivity contribution in [1.29, 1.82) is 0 Å². The first-order valence-corrected chi connectivity index (χ1v) is 8.56. The highest BCUT2D eigenvalue weighted by atomic mass is 32.3. The molecule has 0 aliphatic carbocycles. The van der Waals surface area contributed by atoms with Crippen LogP contribution in [0.2, 0.25) is 0 Å². The van der Waals surface area contributed by atoms with Gasteiger partial charge in [0.2, 0.25) is 10.2 Å². The molecule has 2 aliphatic rings. The Morgan fingerprint density at radius 1 is 1.40 bits per heavy atom. The van der Waals surface area contributed by atoms with Crippen molar-refractivity contribution in [3.05, 3.63) is 29.8 Å². The Hall–Kier alpha value is -1.31. The lowest BCUT2D eigenvalue weighted by Crippen LogP contribution is -2.37. The molecular formula is C13H15N2O3S2+. The number of nitrogens with one attached hydrogen (secondary N) is 1. The van der Waals surface area contributed by atoms with Crippen LogP contribution in [0, 0.1) is 0 Å². The molecule has 5 nitrogen and oxygen atoms in total. The molecule has 0 radical (unpaired) electrons. The van der Waals surface area contributed by atoms with E-state index in [1.807, 2.05) is 17.0 Å². The number of rotatable bonds is 2. The van der Waals surface area contributed by atoms with Crippen LogP contribution in [0.5, 0.6) is 0 Å². The second-order valence-corrected chi connectivity index (χ2v) is 7.80. The van der Waals surface area contributed by atoms with E-state index in [0.717, 1.165) is 5.69 Å². The van der Waals surface area contributed by atoms with Gasteiger partial charge in [-0.25, -0.2) is 0 Å². The molecule has 1 aromatic rings. The standard InChI is InChI=1S/C13H14N2O3S2/c1-8(16)9-2-4-10(5-3-9)15-12-7-20(17,18)6-11(12)14-13(15)19/h2-5,11-12H,6-7H2,1H3,(H-,14,17,18,19)/p+1/t11-,12+/m1/s1. The first-order chi connectivity index (χ1) is 9.37. The summed E-state index contributed by atoms with van der Waals surface area (Å²) in [7, 11) is -2.76. The van der Waals surface area contributed by atoms with Gasteiger partial charge in [0.15, 0.2) is 22.4 Å². The molecule has 1 unspecified atom stereocenters. The molecule has 0 amide bonds. The monoisotopic (exact) mass is 311 g/mol. The molecule has 2 N–H and O–H groups in total. The first kappa shape index (κ1) is 13.7. The summed E-state index contributed by atoms with van der Waals surface area (Å²) in [4.78, 5) is 13.2. The molecule has 2 fully saturated rings. The summed E-state index contributed by atoms with van der Waals surface area (Å²) in [6.45, 7) is 1.52. The maximum absolute atomic E-state index is 11.8. The third-order valence-corrected chi connectivity index (χ3v) is 5.80. The van der Waals surface area contributed by atoms with Gasteiger partial charge in [-0.05, 0) is 43.4 Å². The maximum atomic E-state index is 11.8. The normalized spacial score (nSPS) is 32.1. The summed E-state index contributed by atoms with van der Waals surface area (Å²) >= 11 is 5.31. The largest absolute Gasteiger partial charge is 0.352 e. The zero-order valence-corrected chi connectivity index (χ0v) is 12.5. The fraction of sp³-hybridized carbons (Fsp3) is 0.385. The third kappa shape index (κ3) is 2.25. The van der Waals surface area contributed by atoms with Crippen LogP contribution in [0.25, 0.3) is 0 Å². The number of hydrogen-bond acceptors (Lipinski definition) is 3. The molecule has 1 aromatic carbocycles. The minimum Gasteiger partial charge on any atom is -0.352 e. The van der Waals surface area contributed by atoms with Gasteiger partial charge in [-0.2, -0.15) is 4.55 Å².